The first kappa shape index (κ1) is 21.7. The number of hydrogen-bond donors (Lipinski definition) is 3. The van der Waals surface area contributed by atoms with Crippen molar-refractivity contribution in [3.8, 4) is 5.75 Å². The molecule has 0 fully saturated rings. The summed E-state index contributed by atoms with van der Waals surface area (Å²) in [6, 6.07) is 24.8. The monoisotopic (exact) mass is 437 g/mol. The summed E-state index contributed by atoms with van der Waals surface area (Å²) < 4.78 is 5.14. The number of carbonyl (C=O) groups excluding carboxylic acids is 1. The van der Waals surface area contributed by atoms with Crippen LogP contribution in [0.4, 0.5) is 17.1 Å². The molecule has 5 nitrogen and oxygen atoms in total. The molecule has 3 N–H and O–H groups in total. The van der Waals surface area contributed by atoms with Gasteiger partial charge in [0.2, 0.25) is 5.91 Å². The predicted octanol–water partition coefficient (Wildman–Crippen LogP) is 5.62. The first-order chi connectivity index (χ1) is 14.5. The largest absolute Gasteiger partial charge is 0.497 e. The van der Waals surface area contributed by atoms with Crippen molar-refractivity contribution in [3.05, 3.63) is 78.9 Å². The van der Waals surface area contributed by atoms with Crippen molar-refractivity contribution in [2.75, 3.05) is 23.1 Å². The molecule has 7 heteroatoms. The summed E-state index contributed by atoms with van der Waals surface area (Å²) in [7, 11) is 1.61. The molecule has 3 aromatic carbocycles. The third kappa shape index (κ3) is 6.50. The Morgan fingerprint density at radius 3 is 2.20 bits per heavy atom. The lowest BCUT2D eigenvalue weighted by Crippen LogP contribution is -2.22. The fraction of sp³-hybridized carbons (Fsp3) is 0.130. The summed E-state index contributed by atoms with van der Waals surface area (Å²) in [5, 5.41) is 9.49. The van der Waals surface area contributed by atoms with Crippen LogP contribution in [-0.4, -0.2) is 23.4 Å². The number of ether oxygens (including phenoxy) is 1. The SMILES string of the molecule is COc1ccc(NC(=O)C(C)Sc2cccc(NC(=S)Nc3ccccc3)c2)cc1. The van der Waals surface area contributed by atoms with Crippen LogP contribution in [0.1, 0.15) is 6.92 Å². The van der Waals surface area contributed by atoms with E-state index in [9.17, 15) is 4.79 Å². The minimum Gasteiger partial charge on any atom is -0.497 e. The number of nitrogens with one attached hydrogen (secondary N) is 3. The van der Waals surface area contributed by atoms with Crippen LogP contribution in [0.3, 0.4) is 0 Å². The van der Waals surface area contributed by atoms with E-state index in [0.717, 1.165) is 27.7 Å². The molecular weight excluding hydrogens is 414 g/mol. The molecule has 0 saturated carbocycles. The van der Waals surface area contributed by atoms with E-state index < -0.39 is 0 Å². The van der Waals surface area contributed by atoms with Gasteiger partial charge in [-0.3, -0.25) is 4.79 Å². The lowest BCUT2D eigenvalue weighted by Gasteiger charge is -2.14. The van der Waals surface area contributed by atoms with E-state index in [2.05, 4.69) is 16.0 Å². The van der Waals surface area contributed by atoms with Crippen LogP contribution >= 0.6 is 24.0 Å². The van der Waals surface area contributed by atoms with Crippen LogP contribution in [0, 0.1) is 0 Å². The lowest BCUT2D eigenvalue weighted by atomic mass is 10.3. The zero-order valence-corrected chi connectivity index (χ0v) is 18.3. The summed E-state index contributed by atoms with van der Waals surface area (Å²) >= 11 is 6.86. The van der Waals surface area contributed by atoms with Crippen molar-refractivity contribution in [2.24, 2.45) is 0 Å². The van der Waals surface area contributed by atoms with Crippen LogP contribution in [0.15, 0.2) is 83.8 Å². The van der Waals surface area contributed by atoms with Gasteiger partial charge in [0.05, 0.1) is 12.4 Å². The molecular formula is C23H23N3O2S2. The highest BCUT2D eigenvalue weighted by atomic mass is 32.2. The number of para-hydroxylation sites is 1. The highest BCUT2D eigenvalue weighted by Crippen LogP contribution is 2.27. The van der Waals surface area contributed by atoms with Crippen LogP contribution < -0.4 is 20.7 Å². The molecule has 30 heavy (non-hydrogen) atoms. The van der Waals surface area contributed by atoms with Gasteiger partial charge in [0.1, 0.15) is 5.75 Å². The normalized spacial score (nSPS) is 11.3. The van der Waals surface area contributed by atoms with E-state index in [-0.39, 0.29) is 11.2 Å². The molecule has 0 aliphatic heterocycles. The number of amides is 1. The van der Waals surface area contributed by atoms with Gasteiger partial charge in [-0.25, -0.2) is 0 Å². The third-order valence-corrected chi connectivity index (χ3v) is 5.46. The van der Waals surface area contributed by atoms with Crippen molar-refractivity contribution < 1.29 is 9.53 Å². The minimum atomic E-state index is -0.267. The second-order valence-corrected chi connectivity index (χ2v) is 8.27. The van der Waals surface area contributed by atoms with Crippen LogP contribution in [0.25, 0.3) is 0 Å². The van der Waals surface area contributed by atoms with Gasteiger partial charge in [-0.1, -0.05) is 24.3 Å². The van der Waals surface area contributed by atoms with E-state index in [0.29, 0.717) is 5.11 Å². The second kappa shape index (κ2) is 10.7. The van der Waals surface area contributed by atoms with Crippen molar-refractivity contribution in [3.63, 3.8) is 0 Å². The van der Waals surface area contributed by atoms with Crippen LogP contribution in [0.2, 0.25) is 0 Å². The van der Waals surface area contributed by atoms with Crippen LogP contribution in [0.5, 0.6) is 5.75 Å². The maximum absolute atomic E-state index is 12.5. The quantitative estimate of drug-likeness (QED) is 0.329. The summed E-state index contributed by atoms with van der Waals surface area (Å²) in [4.78, 5) is 13.5. The summed E-state index contributed by atoms with van der Waals surface area (Å²) in [5.74, 6) is 0.684. The molecule has 0 bridgehead atoms. The molecule has 1 atom stereocenters. The summed E-state index contributed by atoms with van der Waals surface area (Å²) in [6.07, 6.45) is 0. The minimum absolute atomic E-state index is 0.0650. The Morgan fingerprint density at radius 1 is 0.867 bits per heavy atom. The van der Waals surface area contributed by atoms with E-state index in [1.54, 1.807) is 7.11 Å². The number of thioether (sulfide) groups is 1. The van der Waals surface area contributed by atoms with E-state index >= 15 is 0 Å². The molecule has 0 aromatic heterocycles. The van der Waals surface area contributed by atoms with Crippen molar-refractivity contribution >= 4 is 52.1 Å². The van der Waals surface area contributed by atoms with E-state index in [1.165, 1.54) is 11.8 Å². The fourth-order valence-corrected chi connectivity index (χ4v) is 3.80. The highest BCUT2D eigenvalue weighted by Gasteiger charge is 2.15. The second-order valence-electron chi connectivity index (χ2n) is 6.45. The van der Waals surface area contributed by atoms with E-state index in [1.807, 2.05) is 85.8 Å². The fourth-order valence-electron chi connectivity index (χ4n) is 2.64. The van der Waals surface area contributed by atoms with Crippen molar-refractivity contribution in [1.82, 2.24) is 0 Å². The Kier molecular flexibility index (Phi) is 7.70. The number of rotatable bonds is 7. The number of methoxy groups -OCH3 is 1. The maximum atomic E-state index is 12.5. The van der Waals surface area contributed by atoms with Gasteiger partial charge in [0, 0.05) is 22.0 Å². The molecule has 0 radical (unpaired) electrons. The average molecular weight is 438 g/mol. The van der Waals surface area contributed by atoms with Gasteiger partial charge in [-0.05, 0) is 73.7 Å². The first-order valence-corrected chi connectivity index (χ1v) is 10.7. The topological polar surface area (TPSA) is 62.4 Å². The number of anilines is 3. The number of benzene rings is 3. The molecule has 0 aliphatic carbocycles. The molecule has 1 unspecified atom stereocenters. The molecule has 0 aliphatic rings. The summed E-state index contributed by atoms with van der Waals surface area (Å²) in [6.45, 7) is 1.88. The highest BCUT2D eigenvalue weighted by molar-refractivity contribution is 8.00. The molecule has 3 aromatic rings. The zero-order chi connectivity index (χ0) is 21.3. The smallest absolute Gasteiger partial charge is 0.237 e. The Balaban J connectivity index is 1.55. The zero-order valence-electron chi connectivity index (χ0n) is 16.7. The molecule has 0 saturated heterocycles. The predicted molar refractivity (Wildman–Crippen MR) is 130 cm³/mol. The van der Waals surface area contributed by atoms with Gasteiger partial charge in [0.25, 0.3) is 0 Å². The van der Waals surface area contributed by atoms with Gasteiger partial charge < -0.3 is 20.7 Å². The Labute approximate surface area is 186 Å². The standard InChI is InChI=1S/C23H23N3O2S2/c1-16(22(27)24-18-11-13-20(28-2)14-12-18)30-21-10-6-9-19(15-21)26-23(29)25-17-7-4-3-5-8-17/h3-16H,1-2H3,(H,24,27)(H2,25,26,29). The van der Waals surface area contributed by atoms with Gasteiger partial charge >= 0.3 is 0 Å². The van der Waals surface area contributed by atoms with Gasteiger partial charge in [-0.2, -0.15) is 0 Å². The Bertz CT molecular complexity index is 995. The van der Waals surface area contributed by atoms with Gasteiger partial charge in [0.15, 0.2) is 5.11 Å². The molecule has 0 heterocycles. The Hall–Kier alpha value is -3.03. The number of hydrogen-bond acceptors (Lipinski definition) is 4. The summed E-state index contributed by atoms with van der Waals surface area (Å²) in [5.41, 5.74) is 2.52. The lowest BCUT2D eigenvalue weighted by molar-refractivity contribution is -0.115. The van der Waals surface area contributed by atoms with Crippen molar-refractivity contribution in [2.45, 2.75) is 17.1 Å². The van der Waals surface area contributed by atoms with Crippen molar-refractivity contribution in [1.29, 1.82) is 0 Å². The Morgan fingerprint density at radius 2 is 1.50 bits per heavy atom. The molecule has 3 rings (SSSR count). The first-order valence-electron chi connectivity index (χ1n) is 9.38. The van der Waals surface area contributed by atoms with Gasteiger partial charge in [-0.15, -0.1) is 11.8 Å². The van der Waals surface area contributed by atoms with E-state index in [4.69, 9.17) is 17.0 Å². The maximum Gasteiger partial charge on any atom is 0.237 e. The number of thiocarbonyl (C=S) groups is 1. The molecule has 154 valence electrons. The average Bonchev–Trinajstić information content (AvgIpc) is 2.75. The number of carbonyl (C=O) groups is 1. The van der Waals surface area contributed by atoms with Crippen LogP contribution in [-0.2, 0) is 4.79 Å². The molecule has 1 amide bonds. The third-order valence-electron chi connectivity index (χ3n) is 4.16. The molecule has 0 spiro atoms.